The molecule has 0 bridgehead atoms. The van der Waals surface area contributed by atoms with Crippen LogP contribution in [0.2, 0.25) is 0 Å². The van der Waals surface area contributed by atoms with Gasteiger partial charge in [0, 0.05) is 11.1 Å². The van der Waals surface area contributed by atoms with Crippen LogP contribution < -0.4 is 10.1 Å². The summed E-state index contributed by atoms with van der Waals surface area (Å²) in [7, 11) is 0. The van der Waals surface area contributed by atoms with Gasteiger partial charge in [0.05, 0.1) is 6.61 Å². The second-order valence-electron chi connectivity index (χ2n) is 7.43. The molecule has 0 aromatic heterocycles. The molecule has 0 heterocycles. The van der Waals surface area contributed by atoms with Gasteiger partial charge >= 0.3 is 0 Å². The van der Waals surface area contributed by atoms with E-state index in [1.807, 2.05) is 52.0 Å². The molecule has 0 spiro atoms. The Bertz CT molecular complexity index is 735. The van der Waals surface area contributed by atoms with Crippen LogP contribution in [-0.2, 0) is 4.79 Å². The highest BCUT2D eigenvalue weighted by atomic mass is 16.5. The van der Waals surface area contributed by atoms with Crippen LogP contribution in [0, 0.1) is 26.2 Å². The molecule has 0 fully saturated rings. The Balaban J connectivity index is 1.84. The van der Waals surface area contributed by atoms with Crippen molar-refractivity contribution < 1.29 is 9.53 Å². The lowest BCUT2D eigenvalue weighted by Gasteiger charge is -2.24. The predicted octanol–water partition coefficient (Wildman–Crippen LogP) is 5.44. The number of amides is 1. The van der Waals surface area contributed by atoms with E-state index < -0.39 is 5.41 Å². The highest BCUT2D eigenvalue weighted by molar-refractivity contribution is 5.94. The normalized spacial score (nSPS) is 11.2. The van der Waals surface area contributed by atoms with Gasteiger partial charge in [-0.3, -0.25) is 4.79 Å². The van der Waals surface area contributed by atoms with Crippen LogP contribution in [-0.4, -0.2) is 12.5 Å². The summed E-state index contributed by atoms with van der Waals surface area (Å²) in [6, 6.07) is 14.1. The van der Waals surface area contributed by atoms with Crippen LogP contribution in [0.5, 0.6) is 5.75 Å². The van der Waals surface area contributed by atoms with E-state index in [-0.39, 0.29) is 5.91 Å². The van der Waals surface area contributed by atoms with Gasteiger partial charge < -0.3 is 10.1 Å². The molecule has 0 aliphatic heterocycles. The van der Waals surface area contributed by atoms with Crippen LogP contribution in [0.1, 0.15) is 43.4 Å². The first-order valence-corrected chi connectivity index (χ1v) is 8.86. The molecule has 0 unspecified atom stereocenters. The third kappa shape index (κ3) is 5.63. The first kappa shape index (κ1) is 19.0. The first-order valence-electron chi connectivity index (χ1n) is 8.86. The Hall–Kier alpha value is -2.29. The zero-order valence-corrected chi connectivity index (χ0v) is 16.0. The molecule has 0 radical (unpaired) electrons. The topological polar surface area (TPSA) is 38.3 Å². The molecule has 0 saturated carbocycles. The number of hydrogen-bond acceptors (Lipinski definition) is 2. The van der Waals surface area contributed by atoms with E-state index in [2.05, 4.69) is 30.4 Å². The van der Waals surface area contributed by atoms with E-state index in [1.165, 1.54) is 5.56 Å². The molecule has 1 amide bonds. The Labute approximate surface area is 151 Å². The van der Waals surface area contributed by atoms with E-state index in [0.717, 1.165) is 35.4 Å². The fraction of sp³-hybridized carbons (Fsp3) is 0.409. The molecular weight excluding hydrogens is 310 g/mol. The van der Waals surface area contributed by atoms with E-state index in [9.17, 15) is 4.79 Å². The zero-order chi connectivity index (χ0) is 18.4. The number of carbonyl (C=O) groups excluding carboxylic acids is 1. The van der Waals surface area contributed by atoms with Gasteiger partial charge in [-0.2, -0.15) is 0 Å². The maximum Gasteiger partial charge on any atom is 0.230 e. The van der Waals surface area contributed by atoms with Gasteiger partial charge in [-0.1, -0.05) is 38.1 Å². The Morgan fingerprint density at radius 1 is 1.04 bits per heavy atom. The highest BCUT2D eigenvalue weighted by Gasteiger charge is 2.27. The number of hydrogen-bond donors (Lipinski definition) is 1. The lowest BCUT2D eigenvalue weighted by atomic mass is 9.87. The molecule has 2 rings (SSSR count). The molecule has 1 N–H and O–H groups in total. The average molecular weight is 339 g/mol. The maximum absolute atomic E-state index is 12.6. The molecule has 3 nitrogen and oxygen atoms in total. The summed E-state index contributed by atoms with van der Waals surface area (Å²) in [6.07, 6.45) is 1.61. The van der Waals surface area contributed by atoms with Crippen LogP contribution in [0.25, 0.3) is 0 Å². The van der Waals surface area contributed by atoms with E-state index >= 15 is 0 Å². The second-order valence-corrected chi connectivity index (χ2v) is 7.43. The summed E-state index contributed by atoms with van der Waals surface area (Å²) >= 11 is 0. The van der Waals surface area contributed by atoms with Gasteiger partial charge in [0.2, 0.25) is 5.91 Å². The summed E-state index contributed by atoms with van der Waals surface area (Å²) in [5.41, 5.74) is 3.89. The minimum absolute atomic E-state index is 0.0461. The molecule has 3 heteroatoms. The molecule has 25 heavy (non-hydrogen) atoms. The minimum Gasteiger partial charge on any atom is -0.493 e. The smallest absolute Gasteiger partial charge is 0.230 e. The molecule has 0 aliphatic rings. The Morgan fingerprint density at radius 2 is 1.76 bits per heavy atom. The summed E-state index contributed by atoms with van der Waals surface area (Å²) in [5.74, 6) is 0.979. The number of benzene rings is 2. The van der Waals surface area contributed by atoms with Crippen LogP contribution >= 0.6 is 0 Å². The summed E-state index contributed by atoms with van der Waals surface area (Å²) in [4.78, 5) is 12.6. The Kier molecular flexibility index (Phi) is 6.24. The maximum atomic E-state index is 12.6. The third-order valence-corrected chi connectivity index (χ3v) is 4.44. The number of ether oxygens (including phenoxy) is 1. The van der Waals surface area contributed by atoms with Gasteiger partial charge in [-0.15, -0.1) is 0 Å². The van der Waals surface area contributed by atoms with Crippen molar-refractivity contribution in [3.63, 3.8) is 0 Å². The molecule has 0 atom stereocenters. The second kappa shape index (κ2) is 8.19. The number of carbonyl (C=O) groups is 1. The van der Waals surface area contributed by atoms with Crippen LogP contribution in [0.3, 0.4) is 0 Å². The SMILES string of the molecule is Cc1cccc(NC(=O)C(C)(C)CCCOc2cc(C)ccc2C)c1. The fourth-order valence-corrected chi connectivity index (χ4v) is 2.70. The summed E-state index contributed by atoms with van der Waals surface area (Å²) < 4.78 is 5.90. The first-order chi connectivity index (χ1) is 11.8. The largest absolute Gasteiger partial charge is 0.493 e. The standard InChI is InChI=1S/C22H29NO2/c1-16-8-6-9-19(14-16)23-21(24)22(4,5)12-7-13-25-20-15-17(2)10-11-18(20)3/h6,8-11,14-15H,7,12-13H2,1-5H3,(H,23,24). The average Bonchev–Trinajstić information content (AvgIpc) is 2.54. The van der Waals surface area contributed by atoms with Crippen molar-refractivity contribution in [3.8, 4) is 5.75 Å². The monoisotopic (exact) mass is 339 g/mol. The molecule has 0 aliphatic carbocycles. The summed E-state index contributed by atoms with van der Waals surface area (Å²) in [6.45, 7) is 10.7. The lowest BCUT2D eigenvalue weighted by Crippen LogP contribution is -2.31. The van der Waals surface area contributed by atoms with Gasteiger partial charge in [0.25, 0.3) is 0 Å². The van der Waals surface area contributed by atoms with Crippen LogP contribution in [0.15, 0.2) is 42.5 Å². The quantitative estimate of drug-likeness (QED) is 0.683. The van der Waals surface area contributed by atoms with Crippen molar-refractivity contribution in [1.82, 2.24) is 0 Å². The van der Waals surface area contributed by atoms with Crippen molar-refractivity contribution in [2.75, 3.05) is 11.9 Å². The minimum atomic E-state index is -0.436. The number of anilines is 1. The summed E-state index contributed by atoms with van der Waals surface area (Å²) in [5, 5.41) is 3.02. The van der Waals surface area contributed by atoms with Crippen molar-refractivity contribution in [2.24, 2.45) is 5.41 Å². The van der Waals surface area contributed by atoms with Crippen molar-refractivity contribution in [2.45, 2.75) is 47.5 Å². The van der Waals surface area contributed by atoms with Gasteiger partial charge in [-0.05, 0) is 68.5 Å². The highest BCUT2D eigenvalue weighted by Crippen LogP contribution is 2.26. The zero-order valence-electron chi connectivity index (χ0n) is 16.0. The van der Waals surface area contributed by atoms with Gasteiger partial charge in [0.1, 0.15) is 5.75 Å². The lowest BCUT2D eigenvalue weighted by molar-refractivity contribution is -0.124. The third-order valence-electron chi connectivity index (χ3n) is 4.44. The molecule has 134 valence electrons. The number of rotatable bonds is 7. The Morgan fingerprint density at radius 3 is 2.48 bits per heavy atom. The van der Waals surface area contributed by atoms with Gasteiger partial charge in [-0.25, -0.2) is 0 Å². The van der Waals surface area contributed by atoms with Crippen molar-refractivity contribution >= 4 is 11.6 Å². The van der Waals surface area contributed by atoms with E-state index in [4.69, 9.17) is 4.74 Å². The van der Waals surface area contributed by atoms with Gasteiger partial charge in [0.15, 0.2) is 0 Å². The van der Waals surface area contributed by atoms with Crippen molar-refractivity contribution in [3.05, 3.63) is 59.2 Å². The number of nitrogens with one attached hydrogen (secondary N) is 1. The molecule has 0 saturated heterocycles. The molecular formula is C22H29NO2. The van der Waals surface area contributed by atoms with E-state index in [1.54, 1.807) is 0 Å². The number of aryl methyl sites for hydroxylation is 3. The fourth-order valence-electron chi connectivity index (χ4n) is 2.70. The van der Waals surface area contributed by atoms with E-state index in [0.29, 0.717) is 6.61 Å². The van der Waals surface area contributed by atoms with Crippen molar-refractivity contribution in [1.29, 1.82) is 0 Å². The predicted molar refractivity (Wildman–Crippen MR) is 104 cm³/mol. The molecule has 2 aromatic carbocycles. The molecule has 2 aromatic rings. The van der Waals surface area contributed by atoms with Crippen LogP contribution in [0.4, 0.5) is 5.69 Å².